The molecule has 1 fully saturated rings. The Balaban J connectivity index is 2.15. The number of hydrogen-bond acceptors (Lipinski definition) is 5. The minimum absolute atomic E-state index is 0.0813. The maximum absolute atomic E-state index is 12.2. The topological polar surface area (TPSA) is 114 Å². The summed E-state index contributed by atoms with van der Waals surface area (Å²) in [6.07, 6.45) is 2.12. The molecule has 23 heavy (non-hydrogen) atoms. The highest BCUT2D eigenvalue weighted by molar-refractivity contribution is 7.92. The van der Waals surface area contributed by atoms with Gasteiger partial charge in [0.05, 0.1) is 29.3 Å². The highest BCUT2D eigenvalue weighted by Crippen LogP contribution is 2.15. The van der Waals surface area contributed by atoms with E-state index in [1.807, 2.05) is 0 Å². The Kier molecular flexibility index (Phi) is 5.17. The molecule has 2 atom stereocenters. The van der Waals surface area contributed by atoms with Crippen molar-refractivity contribution in [1.29, 1.82) is 0 Å². The maximum Gasteiger partial charge on any atom is 0.268 e. The Labute approximate surface area is 136 Å². The number of sulfone groups is 1. The molecule has 130 valence electrons. The third kappa shape index (κ3) is 4.55. The summed E-state index contributed by atoms with van der Waals surface area (Å²) < 4.78 is 51.5. The average molecular weight is 363 g/mol. The monoisotopic (exact) mass is 363 g/mol. The molecule has 0 spiro atoms. The second-order valence-electron chi connectivity index (χ2n) is 5.70. The van der Waals surface area contributed by atoms with Gasteiger partial charge < -0.3 is 9.88 Å². The van der Waals surface area contributed by atoms with Crippen LogP contribution in [0.3, 0.4) is 0 Å². The lowest BCUT2D eigenvalue weighted by Gasteiger charge is -2.20. The van der Waals surface area contributed by atoms with Gasteiger partial charge in [0, 0.05) is 13.2 Å². The van der Waals surface area contributed by atoms with Gasteiger partial charge in [-0.3, -0.25) is 4.79 Å². The van der Waals surface area contributed by atoms with Crippen LogP contribution in [0.15, 0.2) is 18.3 Å². The highest BCUT2D eigenvalue weighted by Gasteiger charge is 2.40. The van der Waals surface area contributed by atoms with E-state index in [0.717, 1.165) is 0 Å². The first-order valence-electron chi connectivity index (χ1n) is 7.26. The molecule has 0 aliphatic carbocycles. The highest BCUT2D eigenvalue weighted by atomic mass is 32.2. The second-order valence-corrected chi connectivity index (χ2v) is 9.73. The van der Waals surface area contributed by atoms with Crippen molar-refractivity contribution in [2.45, 2.75) is 25.4 Å². The molecule has 1 aromatic rings. The van der Waals surface area contributed by atoms with Gasteiger partial charge in [0.15, 0.2) is 9.84 Å². The molecule has 2 heterocycles. The fourth-order valence-corrected chi connectivity index (χ4v) is 5.93. The Morgan fingerprint density at radius 1 is 1.35 bits per heavy atom. The van der Waals surface area contributed by atoms with Crippen LogP contribution in [-0.4, -0.2) is 56.7 Å². The molecular weight excluding hydrogens is 342 g/mol. The minimum atomic E-state index is -3.57. The van der Waals surface area contributed by atoms with E-state index in [0.29, 0.717) is 12.1 Å². The summed E-state index contributed by atoms with van der Waals surface area (Å²) in [5.74, 6) is -1.10. The molecule has 0 unspecified atom stereocenters. The minimum Gasteiger partial charge on any atom is -0.347 e. The van der Waals surface area contributed by atoms with Crippen molar-refractivity contribution in [3.63, 3.8) is 0 Å². The van der Waals surface area contributed by atoms with E-state index in [1.54, 1.807) is 36.9 Å². The standard InChI is InChI=1S/C13H21N3O5S2/c1-3-7-23(20,21)15-11-9-22(18,19)8-10(11)14-13(17)12-5-4-6-16(12)2/h4-6,10-11,15H,3,7-9H2,1-2H3,(H,14,17)/t10-,11+/m1/s1. The van der Waals surface area contributed by atoms with E-state index >= 15 is 0 Å². The van der Waals surface area contributed by atoms with Crippen LogP contribution in [0, 0.1) is 0 Å². The third-order valence-corrected chi connectivity index (χ3v) is 6.99. The van der Waals surface area contributed by atoms with E-state index in [2.05, 4.69) is 10.0 Å². The van der Waals surface area contributed by atoms with Gasteiger partial charge in [-0.15, -0.1) is 0 Å². The van der Waals surface area contributed by atoms with Gasteiger partial charge in [-0.25, -0.2) is 21.6 Å². The van der Waals surface area contributed by atoms with E-state index in [4.69, 9.17) is 0 Å². The van der Waals surface area contributed by atoms with E-state index in [1.165, 1.54) is 0 Å². The number of carbonyl (C=O) groups is 1. The lowest BCUT2D eigenvalue weighted by Crippen LogP contribution is -2.51. The second kappa shape index (κ2) is 6.62. The summed E-state index contributed by atoms with van der Waals surface area (Å²) in [6, 6.07) is 1.67. The van der Waals surface area contributed by atoms with Crippen molar-refractivity contribution < 1.29 is 21.6 Å². The van der Waals surface area contributed by atoms with Crippen LogP contribution in [0.5, 0.6) is 0 Å². The molecule has 8 nitrogen and oxygen atoms in total. The molecule has 2 rings (SSSR count). The summed E-state index contributed by atoms with van der Waals surface area (Å²) in [6.45, 7) is 1.72. The number of rotatable bonds is 6. The van der Waals surface area contributed by atoms with Gasteiger partial charge in [-0.1, -0.05) is 6.92 Å². The van der Waals surface area contributed by atoms with Crippen LogP contribution in [0.4, 0.5) is 0 Å². The Hall–Kier alpha value is -1.39. The zero-order valence-corrected chi connectivity index (χ0v) is 14.7. The molecule has 1 aliphatic heterocycles. The van der Waals surface area contributed by atoms with Crippen LogP contribution in [0.1, 0.15) is 23.8 Å². The molecular formula is C13H21N3O5S2. The van der Waals surface area contributed by atoms with Crippen molar-refractivity contribution in [2.24, 2.45) is 7.05 Å². The lowest BCUT2D eigenvalue weighted by molar-refractivity contribution is 0.0928. The molecule has 0 saturated carbocycles. The Morgan fingerprint density at radius 2 is 2.00 bits per heavy atom. The van der Waals surface area contributed by atoms with E-state index in [-0.39, 0.29) is 17.3 Å². The molecule has 0 radical (unpaired) electrons. The zero-order valence-electron chi connectivity index (χ0n) is 13.0. The van der Waals surface area contributed by atoms with Crippen LogP contribution < -0.4 is 10.0 Å². The number of nitrogens with one attached hydrogen (secondary N) is 2. The first-order chi connectivity index (χ1) is 10.6. The summed E-state index contributed by atoms with van der Waals surface area (Å²) in [7, 11) is -5.28. The predicted molar refractivity (Wildman–Crippen MR) is 86.3 cm³/mol. The van der Waals surface area contributed by atoms with Crippen molar-refractivity contribution in [3.8, 4) is 0 Å². The summed E-state index contributed by atoms with van der Waals surface area (Å²) >= 11 is 0. The van der Waals surface area contributed by atoms with Crippen LogP contribution in [-0.2, 0) is 26.9 Å². The first kappa shape index (κ1) is 18.0. The number of aryl methyl sites for hydroxylation is 1. The fourth-order valence-electron chi connectivity index (χ4n) is 2.60. The molecule has 1 amide bonds. The number of carbonyl (C=O) groups excluding carboxylic acids is 1. The Bertz CT molecular complexity index is 782. The molecule has 1 aliphatic rings. The van der Waals surface area contributed by atoms with E-state index < -0.39 is 37.9 Å². The number of nitrogens with zero attached hydrogens (tertiary/aromatic N) is 1. The number of aromatic nitrogens is 1. The molecule has 2 N–H and O–H groups in total. The first-order valence-corrected chi connectivity index (χ1v) is 10.7. The van der Waals surface area contributed by atoms with Crippen molar-refractivity contribution >= 4 is 25.8 Å². The van der Waals surface area contributed by atoms with Gasteiger partial charge in [-0.05, 0) is 18.6 Å². The third-order valence-electron chi connectivity index (χ3n) is 3.65. The van der Waals surface area contributed by atoms with Gasteiger partial charge in [-0.2, -0.15) is 0 Å². The molecule has 0 bridgehead atoms. The molecule has 10 heteroatoms. The summed E-state index contributed by atoms with van der Waals surface area (Å²) in [5, 5.41) is 2.63. The van der Waals surface area contributed by atoms with Crippen molar-refractivity contribution in [2.75, 3.05) is 17.3 Å². The Morgan fingerprint density at radius 3 is 2.57 bits per heavy atom. The van der Waals surface area contributed by atoms with Gasteiger partial charge >= 0.3 is 0 Å². The molecule has 1 aromatic heterocycles. The van der Waals surface area contributed by atoms with Crippen LogP contribution >= 0.6 is 0 Å². The summed E-state index contributed by atoms with van der Waals surface area (Å²) in [4.78, 5) is 12.2. The maximum atomic E-state index is 12.2. The summed E-state index contributed by atoms with van der Waals surface area (Å²) in [5.41, 5.74) is 0.379. The van der Waals surface area contributed by atoms with E-state index in [9.17, 15) is 21.6 Å². The zero-order chi connectivity index (χ0) is 17.3. The SMILES string of the molecule is CCCS(=O)(=O)N[C@H]1CS(=O)(=O)C[C@H]1NC(=O)c1cccn1C. The van der Waals surface area contributed by atoms with Crippen molar-refractivity contribution in [3.05, 3.63) is 24.0 Å². The quantitative estimate of drug-likeness (QED) is 0.690. The molecule has 0 aromatic carbocycles. The predicted octanol–water partition coefficient (Wildman–Crippen LogP) is -0.750. The van der Waals surface area contributed by atoms with Gasteiger partial charge in [0.1, 0.15) is 5.69 Å². The fraction of sp³-hybridized carbons (Fsp3) is 0.615. The van der Waals surface area contributed by atoms with Crippen LogP contribution in [0.2, 0.25) is 0 Å². The van der Waals surface area contributed by atoms with Crippen molar-refractivity contribution in [1.82, 2.24) is 14.6 Å². The number of sulfonamides is 1. The van der Waals surface area contributed by atoms with Gasteiger partial charge in [0.25, 0.3) is 5.91 Å². The largest absolute Gasteiger partial charge is 0.347 e. The number of amides is 1. The lowest BCUT2D eigenvalue weighted by atomic mass is 10.2. The number of hydrogen-bond donors (Lipinski definition) is 2. The smallest absolute Gasteiger partial charge is 0.268 e. The average Bonchev–Trinajstić information content (AvgIpc) is 2.92. The van der Waals surface area contributed by atoms with Crippen LogP contribution in [0.25, 0.3) is 0 Å². The van der Waals surface area contributed by atoms with Gasteiger partial charge in [0.2, 0.25) is 10.0 Å². The normalized spacial score (nSPS) is 23.7. The molecule has 1 saturated heterocycles.